The van der Waals surface area contributed by atoms with Gasteiger partial charge in [-0.15, -0.1) is 0 Å². The van der Waals surface area contributed by atoms with Gasteiger partial charge in [-0.2, -0.15) is 0 Å². The van der Waals surface area contributed by atoms with E-state index < -0.39 is 0 Å². The molecule has 10 nitrogen and oxygen atoms in total. The number of methoxy groups -OCH3 is 6. The lowest BCUT2D eigenvalue weighted by atomic mass is 10.0. The zero-order chi connectivity index (χ0) is 45.1. The molecule has 0 radical (unpaired) electrons. The van der Waals surface area contributed by atoms with Gasteiger partial charge in [-0.05, 0) is 106 Å². The van der Waals surface area contributed by atoms with Crippen molar-refractivity contribution in [2.75, 3.05) is 52.5 Å². The van der Waals surface area contributed by atoms with Gasteiger partial charge in [0.15, 0.2) is 34.2 Å². The lowest BCUT2D eigenvalue weighted by Gasteiger charge is -2.27. The van der Waals surface area contributed by atoms with Gasteiger partial charge in [-0.25, -0.2) is 0 Å². The highest BCUT2D eigenvalue weighted by molar-refractivity contribution is 6.21. The number of fused-ring (bicyclic) bond motifs is 9. The van der Waals surface area contributed by atoms with Gasteiger partial charge in [0.25, 0.3) is 0 Å². The molecule has 0 atom stereocenters. The highest BCUT2D eigenvalue weighted by Crippen LogP contribution is 2.48. The molecule has 66 heavy (non-hydrogen) atoms. The molecule has 0 aliphatic rings. The van der Waals surface area contributed by atoms with E-state index in [0.29, 0.717) is 45.7 Å². The van der Waals surface area contributed by atoms with Gasteiger partial charge >= 0.3 is 0 Å². The van der Waals surface area contributed by atoms with Crippen LogP contribution in [0.3, 0.4) is 0 Å². The molecule has 9 aromatic carbocycles. The topological polar surface area (TPSA) is 88.1 Å². The quantitative estimate of drug-likeness (QED) is 0.118. The number of rotatable bonds is 12. The molecule has 10 heteroatoms. The maximum atomic E-state index is 6.77. The average Bonchev–Trinajstić information content (AvgIpc) is 3.92. The van der Waals surface area contributed by atoms with Crippen molar-refractivity contribution in [3.05, 3.63) is 158 Å². The summed E-state index contributed by atoms with van der Waals surface area (Å²) in [5.41, 5.74) is 8.49. The minimum Gasteiger partial charge on any atom is -0.493 e. The van der Waals surface area contributed by atoms with Crippen molar-refractivity contribution in [3.63, 3.8) is 0 Å². The molecule has 0 amide bonds. The number of furan rings is 2. The Hall–Kier alpha value is -8.50. The molecule has 2 aromatic heterocycles. The average molecular weight is 873 g/mol. The van der Waals surface area contributed by atoms with E-state index >= 15 is 0 Å². The van der Waals surface area contributed by atoms with Gasteiger partial charge in [-0.3, -0.25) is 0 Å². The number of nitrogens with zero attached hydrogens (tertiary/aromatic N) is 2. The van der Waals surface area contributed by atoms with E-state index in [0.717, 1.165) is 88.4 Å². The van der Waals surface area contributed by atoms with Gasteiger partial charge in [0, 0.05) is 68.6 Å². The van der Waals surface area contributed by atoms with E-state index in [1.807, 2.05) is 60.7 Å². The largest absolute Gasteiger partial charge is 0.493 e. The van der Waals surface area contributed by atoms with Crippen LogP contribution in [0.2, 0.25) is 0 Å². The molecule has 11 aromatic rings. The predicted octanol–water partition coefficient (Wildman–Crippen LogP) is 14.8. The van der Waals surface area contributed by atoms with E-state index in [9.17, 15) is 0 Å². The second kappa shape index (κ2) is 16.2. The third-order valence-electron chi connectivity index (χ3n) is 12.3. The smallest absolute Gasteiger partial charge is 0.203 e. The fourth-order valence-electron chi connectivity index (χ4n) is 9.25. The molecule has 0 bridgehead atoms. The van der Waals surface area contributed by atoms with E-state index in [-0.39, 0.29) is 0 Å². The molecule has 0 aliphatic carbocycles. The lowest BCUT2D eigenvalue weighted by molar-refractivity contribution is 0.324. The van der Waals surface area contributed by atoms with Crippen LogP contribution in [0.1, 0.15) is 0 Å². The third-order valence-corrected chi connectivity index (χ3v) is 12.3. The van der Waals surface area contributed by atoms with E-state index in [1.165, 1.54) is 0 Å². The molecule has 2 heterocycles. The molecule has 326 valence electrons. The van der Waals surface area contributed by atoms with Crippen LogP contribution in [0.25, 0.3) is 65.4 Å². The number of benzene rings is 9. The summed E-state index contributed by atoms with van der Waals surface area (Å²) in [6.07, 6.45) is 0. The first-order chi connectivity index (χ1) is 32.4. The van der Waals surface area contributed by atoms with Gasteiger partial charge < -0.3 is 47.1 Å². The zero-order valence-corrected chi connectivity index (χ0v) is 37.2. The van der Waals surface area contributed by atoms with Gasteiger partial charge in [0.05, 0.1) is 54.0 Å². The molecule has 0 spiro atoms. The molecule has 0 fully saturated rings. The third kappa shape index (κ3) is 6.56. The van der Waals surface area contributed by atoms with Crippen LogP contribution in [-0.4, -0.2) is 42.7 Å². The maximum absolute atomic E-state index is 6.77. The Balaban J connectivity index is 1.02. The minimum absolute atomic E-state index is 0.530. The molecule has 0 aliphatic heterocycles. The number of anilines is 6. The van der Waals surface area contributed by atoms with Crippen molar-refractivity contribution >= 4 is 99.5 Å². The molecule has 11 rings (SSSR count). The van der Waals surface area contributed by atoms with Crippen LogP contribution < -0.4 is 38.2 Å². The number of ether oxygens (including phenoxy) is 6. The van der Waals surface area contributed by atoms with Crippen molar-refractivity contribution < 1.29 is 37.3 Å². The van der Waals surface area contributed by atoms with Crippen molar-refractivity contribution in [3.8, 4) is 34.5 Å². The highest BCUT2D eigenvalue weighted by atomic mass is 16.5. The first-order valence-electron chi connectivity index (χ1n) is 21.4. The Bertz CT molecular complexity index is 3350. The summed E-state index contributed by atoms with van der Waals surface area (Å²) in [5.74, 6) is 3.32. The normalized spacial score (nSPS) is 11.5. The first-order valence-corrected chi connectivity index (χ1v) is 21.4. The standard InChI is InChI=1S/C56H44N2O8/c1-59-49-29-41(30-50(60-2)55(49)63-5)57(37-13-9-7-10-14-37)39-19-17-33-25-45-43-21-22-44-46-26-34-18-20-40(24-36(34)28-48(46)66-54(44)53(43)65-47(45)27-35(33)23-39)58(38-15-11-8-12-16-38)42-31-51(61-3)56(64-6)52(32-42)62-4/h7-32H,1-6H3. The van der Waals surface area contributed by atoms with Crippen molar-refractivity contribution in [1.29, 1.82) is 0 Å². The summed E-state index contributed by atoms with van der Waals surface area (Å²) < 4.78 is 47.9. The first kappa shape index (κ1) is 40.3. The van der Waals surface area contributed by atoms with Gasteiger partial charge in [0.2, 0.25) is 11.5 Å². The molecule has 0 N–H and O–H groups in total. The molecule has 0 unspecified atom stereocenters. The number of hydrogen-bond acceptors (Lipinski definition) is 10. The monoisotopic (exact) mass is 872 g/mol. The Kier molecular flexibility index (Phi) is 9.92. The predicted molar refractivity (Wildman–Crippen MR) is 265 cm³/mol. The summed E-state index contributed by atoms with van der Waals surface area (Å²) >= 11 is 0. The van der Waals surface area contributed by atoms with Gasteiger partial charge in [0.1, 0.15) is 11.2 Å². The Morgan fingerprint density at radius 3 is 1.03 bits per heavy atom. The van der Waals surface area contributed by atoms with Crippen LogP contribution >= 0.6 is 0 Å². The zero-order valence-electron chi connectivity index (χ0n) is 37.2. The minimum atomic E-state index is 0.530. The van der Waals surface area contributed by atoms with E-state index in [1.54, 1.807) is 42.7 Å². The van der Waals surface area contributed by atoms with Crippen LogP contribution in [0, 0.1) is 0 Å². The molecule has 0 saturated carbocycles. The summed E-state index contributed by atoms with van der Waals surface area (Å²) in [7, 11) is 9.72. The summed E-state index contributed by atoms with van der Waals surface area (Å²) in [6, 6.07) is 54.1. The van der Waals surface area contributed by atoms with Crippen LogP contribution in [0.15, 0.2) is 167 Å². The van der Waals surface area contributed by atoms with Crippen LogP contribution in [0.5, 0.6) is 34.5 Å². The second-order valence-corrected chi connectivity index (χ2v) is 15.9. The molecular formula is C56H44N2O8. The summed E-state index contributed by atoms with van der Waals surface area (Å²) in [4.78, 5) is 4.34. The Morgan fingerprint density at radius 2 is 0.682 bits per heavy atom. The lowest BCUT2D eigenvalue weighted by Crippen LogP contribution is -2.10. The van der Waals surface area contributed by atoms with Crippen LogP contribution in [-0.2, 0) is 0 Å². The second-order valence-electron chi connectivity index (χ2n) is 15.9. The van der Waals surface area contributed by atoms with E-state index in [2.05, 4.69) is 107 Å². The summed E-state index contributed by atoms with van der Waals surface area (Å²) in [6.45, 7) is 0. The maximum Gasteiger partial charge on any atom is 0.203 e. The summed E-state index contributed by atoms with van der Waals surface area (Å²) in [5, 5.41) is 8.20. The van der Waals surface area contributed by atoms with Crippen molar-refractivity contribution in [2.45, 2.75) is 0 Å². The number of para-hydroxylation sites is 2. The fourth-order valence-corrected chi connectivity index (χ4v) is 9.25. The molecular weight excluding hydrogens is 829 g/mol. The van der Waals surface area contributed by atoms with Crippen LogP contribution in [0.4, 0.5) is 34.1 Å². The van der Waals surface area contributed by atoms with E-state index in [4.69, 9.17) is 37.3 Å². The van der Waals surface area contributed by atoms with Crippen molar-refractivity contribution in [1.82, 2.24) is 0 Å². The highest BCUT2D eigenvalue weighted by Gasteiger charge is 2.23. The fraction of sp³-hybridized carbons (Fsp3) is 0.107. The SMILES string of the molecule is COc1cc(N(c2ccccc2)c2ccc3cc4c(cc3c2)oc2c4ccc3c4cc5ccc(N(c6ccccc6)c6cc(OC)c(OC)c(OC)c6)cc5cc4oc32)cc(OC)c1OC. The van der Waals surface area contributed by atoms with Crippen molar-refractivity contribution in [2.24, 2.45) is 0 Å². The Morgan fingerprint density at radius 1 is 0.303 bits per heavy atom. The Labute approximate surface area is 380 Å². The van der Waals surface area contributed by atoms with Gasteiger partial charge in [-0.1, -0.05) is 48.5 Å². The number of hydrogen-bond donors (Lipinski definition) is 0. The molecule has 0 saturated heterocycles.